The fraction of sp³-hybridized carbons (Fsp3) is 0.357. The van der Waals surface area contributed by atoms with E-state index in [0.717, 1.165) is 0 Å². The number of carbonyl (C=O) groups is 3. The molecule has 7 heteroatoms. The molecule has 1 rings (SSSR count). The predicted molar refractivity (Wildman–Crippen MR) is 79.5 cm³/mol. The van der Waals surface area contributed by atoms with E-state index in [9.17, 15) is 14.4 Å². The van der Waals surface area contributed by atoms with Crippen LogP contribution in [0.3, 0.4) is 0 Å². The molecule has 21 heavy (non-hydrogen) atoms. The summed E-state index contributed by atoms with van der Waals surface area (Å²) in [5.41, 5.74) is 11.0. The molecule has 0 fully saturated rings. The quantitative estimate of drug-likeness (QED) is 0.651. The van der Waals surface area contributed by atoms with Gasteiger partial charge < -0.3 is 16.8 Å². The number of amides is 3. The van der Waals surface area contributed by atoms with Crippen LogP contribution in [0, 0.1) is 0 Å². The van der Waals surface area contributed by atoms with Crippen molar-refractivity contribution in [2.45, 2.75) is 19.9 Å². The van der Waals surface area contributed by atoms with Crippen LogP contribution in [-0.4, -0.2) is 41.8 Å². The first-order valence-electron chi connectivity index (χ1n) is 6.52. The summed E-state index contributed by atoms with van der Waals surface area (Å²) in [6, 6.07) is 6.44. The number of anilines is 1. The van der Waals surface area contributed by atoms with Gasteiger partial charge in [-0.05, 0) is 26.0 Å². The van der Waals surface area contributed by atoms with Crippen LogP contribution in [0.2, 0.25) is 0 Å². The highest BCUT2D eigenvalue weighted by molar-refractivity contribution is 6.03. The normalized spacial score (nSPS) is 10.7. The molecule has 0 aliphatic rings. The van der Waals surface area contributed by atoms with Crippen LogP contribution >= 0.6 is 0 Å². The highest BCUT2D eigenvalue weighted by Gasteiger charge is 2.17. The standard InChI is InChI=1S/C14H20N4O3/c1-9(2)18(7-12(15)19)8-13(20)17-11-6-4-3-5-10(11)14(16)21/h3-6,9H,7-8H2,1-2H3,(H2,15,19)(H2,16,21)(H,17,20). The van der Waals surface area contributed by atoms with Gasteiger partial charge in [-0.2, -0.15) is 0 Å². The maximum atomic E-state index is 12.0. The lowest BCUT2D eigenvalue weighted by Crippen LogP contribution is -2.43. The Morgan fingerprint density at radius 1 is 1.14 bits per heavy atom. The van der Waals surface area contributed by atoms with Crippen molar-refractivity contribution in [2.24, 2.45) is 11.5 Å². The molecular formula is C14H20N4O3. The summed E-state index contributed by atoms with van der Waals surface area (Å²) in [6.45, 7) is 3.69. The molecule has 114 valence electrons. The fourth-order valence-electron chi connectivity index (χ4n) is 1.80. The molecule has 0 spiro atoms. The van der Waals surface area contributed by atoms with E-state index >= 15 is 0 Å². The molecule has 0 radical (unpaired) electrons. The number of benzene rings is 1. The third-order valence-electron chi connectivity index (χ3n) is 2.90. The maximum absolute atomic E-state index is 12.0. The Balaban J connectivity index is 2.77. The number of nitrogens with two attached hydrogens (primary N) is 2. The lowest BCUT2D eigenvalue weighted by molar-refractivity contribution is -0.121. The molecule has 7 nitrogen and oxygen atoms in total. The summed E-state index contributed by atoms with van der Waals surface area (Å²) in [5.74, 6) is -1.48. The molecule has 0 saturated heterocycles. The van der Waals surface area contributed by atoms with Crippen molar-refractivity contribution in [3.8, 4) is 0 Å². The molecule has 3 amide bonds. The second kappa shape index (κ2) is 7.39. The number of carbonyl (C=O) groups excluding carboxylic acids is 3. The number of rotatable bonds is 7. The second-order valence-electron chi connectivity index (χ2n) is 4.92. The first-order chi connectivity index (χ1) is 9.81. The van der Waals surface area contributed by atoms with Crippen LogP contribution in [-0.2, 0) is 9.59 Å². The van der Waals surface area contributed by atoms with E-state index in [1.165, 1.54) is 6.07 Å². The van der Waals surface area contributed by atoms with Crippen molar-refractivity contribution in [1.29, 1.82) is 0 Å². The number of hydrogen-bond donors (Lipinski definition) is 3. The zero-order chi connectivity index (χ0) is 16.0. The molecule has 0 aliphatic carbocycles. The van der Waals surface area contributed by atoms with Crippen LogP contribution in [0.1, 0.15) is 24.2 Å². The summed E-state index contributed by atoms with van der Waals surface area (Å²) in [7, 11) is 0. The van der Waals surface area contributed by atoms with Gasteiger partial charge >= 0.3 is 0 Å². The van der Waals surface area contributed by atoms with Gasteiger partial charge in [0.2, 0.25) is 11.8 Å². The molecule has 0 unspecified atom stereocenters. The van der Waals surface area contributed by atoms with Crippen molar-refractivity contribution in [3.05, 3.63) is 29.8 Å². The highest BCUT2D eigenvalue weighted by atomic mass is 16.2. The summed E-state index contributed by atoms with van der Waals surface area (Å²) < 4.78 is 0. The van der Waals surface area contributed by atoms with Crippen LogP contribution in [0.25, 0.3) is 0 Å². The summed E-state index contributed by atoms with van der Waals surface area (Å²) in [6.07, 6.45) is 0. The largest absolute Gasteiger partial charge is 0.369 e. The first kappa shape index (κ1) is 16.6. The Kier molecular flexibility index (Phi) is 5.86. The minimum atomic E-state index is -0.622. The van der Waals surface area contributed by atoms with Crippen molar-refractivity contribution in [2.75, 3.05) is 18.4 Å². The lowest BCUT2D eigenvalue weighted by atomic mass is 10.1. The van der Waals surface area contributed by atoms with Gasteiger partial charge in [0, 0.05) is 6.04 Å². The number of primary amides is 2. The van der Waals surface area contributed by atoms with Crippen molar-refractivity contribution in [3.63, 3.8) is 0 Å². The molecule has 1 aromatic carbocycles. The highest BCUT2D eigenvalue weighted by Crippen LogP contribution is 2.14. The van der Waals surface area contributed by atoms with Crippen LogP contribution < -0.4 is 16.8 Å². The molecule has 5 N–H and O–H groups in total. The third-order valence-corrected chi connectivity index (χ3v) is 2.90. The Bertz CT molecular complexity index is 543. The molecule has 0 bridgehead atoms. The Morgan fingerprint density at radius 2 is 1.76 bits per heavy atom. The molecule has 0 heterocycles. The maximum Gasteiger partial charge on any atom is 0.250 e. The molecule has 0 aromatic heterocycles. The molecular weight excluding hydrogens is 272 g/mol. The van der Waals surface area contributed by atoms with E-state index in [1.54, 1.807) is 23.1 Å². The monoisotopic (exact) mass is 292 g/mol. The van der Waals surface area contributed by atoms with E-state index in [-0.39, 0.29) is 30.6 Å². The van der Waals surface area contributed by atoms with Gasteiger partial charge in [-0.1, -0.05) is 12.1 Å². The third kappa shape index (κ3) is 5.23. The topological polar surface area (TPSA) is 119 Å². The van der Waals surface area contributed by atoms with E-state index < -0.39 is 11.8 Å². The minimum absolute atomic E-state index is 0.00625. The van der Waals surface area contributed by atoms with Gasteiger partial charge in [-0.25, -0.2) is 0 Å². The van der Waals surface area contributed by atoms with E-state index in [4.69, 9.17) is 11.5 Å². The van der Waals surface area contributed by atoms with Crippen molar-refractivity contribution >= 4 is 23.4 Å². The van der Waals surface area contributed by atoms with E-state index in [1.807, 2.05) is 13.8 Å². The van der Waals surface area contributed by atoms with E-state index in [2.05, 4.69) is 5.32 Å². The molecule has 1 aromatic rings. The molecule has 0 saturated carbocycles. The smallest absolute Gasteiger partial charge is 0.250 e. The number of nitrogens with one attached hydrogen (secondary N) is 1. The zero-order valence-corrected chi connectivity index (χ0v) is 12.1. The zero-order valence-electron chi connectivity index (χ0n) is 12.1. The SMILES string of the molecule is CC(C)N(CC(N)=O)CC(=O)Nc1ccccc1C(N)=O. The van der Waals surface area contributed by atoms with Crippen molar-refractivity contribution in [1.82, 2.24) is 4.90 Å². The Morgan fingerprint density at radius 3 is 2.29 bits per heavy atom. The van der Waals surface area contributed by atoms with Gasteiger partial charge in [0.1, 0.15) is 0 Å². The average molecular weight is 292 g/mol. The first-order valence-corrected chi connectivity index (χ1v) is 6.52. The Hall–Kier alpha value is -2.41. The number of para-hydroxylation sites is 1. The van der Waals surface area contributed by atoms with Gasteiger partial charge in [0.05, 0.1) is 24.3 Å². The number of hydrogen-bond acceptors (Lipinski definition) is 4. The lowest BCUT2D eigenvalue weighted by Gasteiger charge is -2.24. The molecule has 0 atom stereocenters. The van der Waals surface area contributed by atoms with Gasteiger partial charge in [-0.3, -0.25) is 19.3 Å². The fourth-order valence-corrected chi connectivity index (χ4v) is 1.80. The van der Waals surface area contributed by atoms with Crippen LogP contribution in [0.4, 0.5) is 5.69 Å². The van der Waals surface area contributed by atoms with Crippen LogP contribution in [0.15, 0.2) is 24.3 Å². The summed E-state index contributed by atoms with van der Waals surface area (Å²) in [4.78, 5) is 35.9. The number of nitrogens with zero attached hydrogens (tertiary/aromatic N) is 1. The average Bonchev–Trinajstić information content (AvgIpc) is 2.37. The summed E-state index contributed by atoms with van der Waals surface area (Å²) >= 11 is 0. The van der Waals surface area contributed by atoms with E-state index in [0.29, 0.717) is 5.69 Å². The van der Waals surface area contributed by atoms with Gasteiger partial charge in [0.15, 0.2) is 0 Å². The minimum Gasteiger partial charge on any atom is -0.369 e. The van der Waals surface area contributed by atoms with Crippen LogP contribution in [0.5, 0.6) is 0 Å². The van der Waals surface area contributed by atoms with Gasteiger partial charge in [-0.15, -0.1) is 0 Å². The second-order valence-corrected chi connectivity index (χ2v) is 4.92. The Labute approximate surface area is 123 Å². The summed E-state index contributed by atoms with van der Waals surface area (Å²) in [5, 5.41) is 2.62. The van der Waals surface area contributed by atoms with Crippen molar-refractivity contribution < 1.29 is 14.4 Å². The van der Waals surface area contributed by atoms with Gasteiger partial charge in [0.25, 0.3) is 5.91 Å². The molecule has 0 aliphatic heterocycles. The predicted octanol–water partition coefficient (Wildman–Crippen LogP) is -0.0803.